The van der Waals surface area contributed by atoms with Gasteiger partial charge in [0, 0.05) is 32.7 Å². The van der Waals surface area contributed by atoms with Crippen molar-refractivity contribution in [3.8, 4) is 0 Å². The van der Waals surface area contributed by atoms with Crippen LogP contribution in [0.5, 0.6) is 0 Å². The number of carbonyl (C=O) groups excluding carboxylic acids is 8. The Labute approximate surface area is 384 Å². The number of rotatable bonds is 7. The average Bonchev–Trinajstić information content (AvgIpc) is 4.12. The number of nitrogens with one attached hydrogen (secondary N) is 2. The van der Waals surface area contributed by atoms with Crippen molar-refractivity contribution in [2.45, 2.75) is 162 Å². The minimum absolute atomic E-state index is 0.101. The molecule has 5 aliphatic rings. The minimum atomic E-state index is -1.32. The van der Waals surface area contributed by atoms with E-state index in [4.69, 9.17) is 9.47 Å². The molecule has 9 atom stereocenters. The summed E-state index contributed by atoms with van der Waals surface area (Å²) >= 11 is 0. The molecule has 0 aliphatic carbocycles. The van der Waals surface area contributed by atoms with E-state index in [0.717, 1.165) is 5.56 Å². The van der Waals surface area contributed by atoms with Crippen LogP contribution in [0.3, 0.4) is 0 Å². The Bertz CT molecular complexity index is 1940. The summed E-state index contributed by atoms with van der Waals surface area (Å²) in [7, 11) is 0. The fourth-order valence-corrected chi connectivity index (χ4v) is 10.3. The predicted molar refractivity (Wildman–Crippen MR) is 240 cm³/mol. The second-order valence-electron chi connectivity index (χ2n) is 20.2. The number of hydrogen-bond acceptors (Lipinski definition) is 10. The third kappa shape index (κ3) is 10.8. The van der Waals surface area contributed by atoms with Crippen molar-refractivity contribution in [1.29, 1.82) is 0 Å². The molecule has 0 unspecified atom stereocenters. The molecular formula is C49H72N6O10. The topological polar surface area (TPSA) is 192 Å². The molecule has 16 nitrogen and oxygen atoms in total. The first-order valence-corrected chi connectivity index (χ1v) is 24.1. The zero-order valence-electron chi connectivity index (χ0n) is 39.7. The lowest BCUT2D eigenvalue weighted by atomic mass is 9.82. The van der Waals surface area contributed by atoms with Gasteiger partial charge >= 0.3 is 11.9 Å². The van der Waals surface area contributed by atoms with Crippen molar-refractivity contribution < 1.29 is 47.8 Å². The molecule has 5 heterocycles. The summed E-state index contributed by atoms with van der Waals surface area (Å²) in [4.78, 5) is 121. The predicted octanol–water partition coefficient (Wildman–Crippen LogP) is 3.63. The highest BCUT2D eigenvalue weighted by Gasteiger charge is 2.49. The molecule has 2 bridgehead atoms. The molecule has 6 amide bonds. The summed E-state index contributed by atoms with van der Waals surface area (Å²) < 4.78 is 12.2. The molecule has 5 fully saturated rings. The Hall–Kier alpha value is -5.02. The van der Waals surface area contributed by atoms with Crippen LogP contribution in [0.4, 0.5) is 0 Å². The quantitative estimate of drug-likeness (QED) is 0.382. The largest absolute Gasteiger partial charge is 0.460 e. The van der Waals surface area contributed by atoms with Gasteiger partial charge in [-0.05, 0) is 95.0 Å². The highest BCUT2D eigenvalue weighted by Crippen LogP contribution is 2.33. The SMILES string of the molecule is CCC[C@H]1OC(=O)[C@@H]2CCCN2C(=O)[C@H]([C@H](C)Cc2ccccc2)NC(=O)[C@@H]2CCN(C2)C(=O)[C@@H]2CCCN2C(=O)[C@H](C(C)C)OC(=O)[C@H]2CCCN2C(=O)[C@H](C(C)C)NC(=O)C1(C)C. The van der Waals surface area contributed by atoms with E-state index in [1.807, 2.05) is 44.2 Å². The van der Waals surface area contributed by atoms with Crippen LogP contribution in [-0.4, -0.2) is 142 Å². The maximum absolute atomic E-state index is 14.8. The molecule has 1 aromatic rings. The lowest BCUT2D eigenvalue weighted by Crippen LogP contribution is -2.58. The second kappa shape index (κ2) is 21.1. The number of esters is 2. The molecule has 5 saturated heterocycles. The van der Waals surface area contributed by atoms with Crippen molar-refractivity contribution >= 4 is 47.4 Å². The molecule has 0 aromatic heterocycles. The van der Waals surface area contributed by atoms with Crippen molar-refractivity contribution in [3.05, 3.63) is 35.9 Å². The second-order valence-corrected chi connectivity index (χ2v) is 20.2. The molecule has 6 rings (SSSR count). The van der Waals surface area contributed by atoms with Gasteiger partial charge in [0.15, 0.2) is 6.10 Å². The third-order valence-electron chi connectivity index (χ3n) is 14.4. The van der Waals surface area contributed by atoms with E-state index >= 15 is 0 Å². The Morgan fingerprint density at radius 3 is 1.77 bits per heavy atom. The third-order valence-corrected chi connectivity index (χ3v) is 14.4. The molecule has 1 aromatic carbocycles. The number of carbonyl (C=O) groups is 8. The molecule has 0 radical (unpaired) electrons. The van der Waals surface area contributed by atoms with Crippen LogP contribution >= 0.6 is 0 Å². The number of fused-ring (bicyclic) bond motifs is 5. The molecule has 0 spiro atoms. The van der Waals surface area contributed by atoms with Gasteiger partial charge in [0.05, 0.1) is 11.3 Å². The smallest absolute Gasteiger partial charge is 0.329 e. The molecule has 65 heavy (non-hydrogen) atoms. The molecule has 0 saturated carbocycles. The maximum atomic E-state index is 14.8. The van der Waals surface area contributed by atoms with Crippen LogP contribution in [0.2, 0.25) is 0 Å². The van der Waals surface area contributed by atoms with E-state index in [2.05, 4.69) is 10.6 Å². The number of cyclic esters (lactones) is 2. The van der Waals surface area contributed by atoms with Gasteiger partial charge in [0.1, 0.15) is 36.3 Å². The van der Waals surface area contributed by atoms with Gasteiger partial charge in [-0.15, -0.1) is 0 Å². The van der Waals surface area contributed by atoms with Crippen LogP contribution in [0, 0.1) is 29.1 Å². The number of ether oxygens (including phenoxy) is 2. The normalized spacial score (nSPS) is 30.6. The molecule has 2 N–H and O–H groups in total. The molecule has 16 heteroatoms. The number of hydrogen-bond donors (Lipinski definition) is 2. The first kappa shape index (κ1) is 49.4. The Kier molecular flexibility index (Phi) is 16.0. The van der Waals surface area contributed by atoms with E-state index in [1.165, 1.54) is 14.7 Å². The Balaban J connectivity index is 1.34. The van der Waals surface area contributed by atoms with Crippen molar-refractivity contribution in [2.24, 2.45) is 29.1 Å². The van der Waals surface area contributed by atoms with Crippen molar-refractivity contribution in [2.75, 3.05) is 32.7 Å². The molecule has 358 valence electrons. The van der Waals surface area contributed by atoms with Crippen LogP contribution in [0.1, 0.15) is 119 Å². The van der Waals surface area contributed by atoms with Gasteiger partial charge in [0.2, 0.25) is 29.5 Å². The summed E-state index contributed by atoms with van der Waals surface area (Å²) in [5.41, 5.74) is -0.348. The highest BCUT2D eigenvalue weighted by atomic mass is 16.6. The molecular weight excluding hydrogens is 833 g/mol. The van der Waals surface area contributed by atoms with E-state index in [0.29, 0.717) is 70.8 Å². The van der Waals surface area contributed by atoms with E-state index < -0.39 is 101 Å². The molecule has 5 aliphatic heterocycles. The Morgan fingerprint density at radius 2 is 1.20 bits per heavy atom. The van der Waals surface area contributed by atoms with Gasteiger partial charge in [-0.25, -0.2) is 9.59 Å². The fourth-order valence-electron chi connectivity index (χ4n) is 10.3. The zero-order chi connectivity index (χ0) is 47.3. The number of nitrogens with zero attached hydrogens (tertiary/aromatic N) is 4. The van der Waals surface area contributed by atoms with Gasteiger partial charge in [0.25, 0.3) is 5.91 Å². The summed E-state index contributed by atoms with van der Waals surface area (Å²) in [6.45, 7) is 15.5. The first-order chi connectivity index (χ1) is 30.8. The highest BCUT2D eigenvalue weighted by molar-refractivity contribution is 5.96. The Morgan fingerprint density at radius 1 is 0.646 bits per heavy atom. The lowest BCUT2D eigenvalue weighted by Gasteiger charge is -2.37. The first-order valence-electron chi connectivity index (χ1n) is 24.1. The fraction of sp³-hybridized carbons (Fsp3) is 0.714. The van der Waals surface area contributed by atoms with Crippen molar-refractivity contribution in [1.82, 2.24) is 30.2 Å². The zero-order valence-corrected chi connectivity index (χ0v) is 39.7. The van der Waals surface area contributed by atoms with Gasteiger partial charge in [-0.2, -0.15) is 0 Å². The van der Waals surface area contributed by atoms with Crippen LogP contribution < -0.4 is 10.6 Å². The van der Waals surface area contributed by atoms with Crippen molar-refractivity contribution in [3.63, 3.8) is 0 Å². The summed E-state index contributed by atoms with van der Waals surface area (Å²) in [6.07, 6.45) is 2.24. The van der Waals surface area contributed by atoms with Crippen LogP contribution in [0.15, 0.2) is 30.3 Å². The van der Waals surface area contributed by atoms with E-state index in [9.17, 15) is 38.4 Å². The summed E-state index contributed by atoms with van der Waals surface area (Å²) in [6, 6.07) is 4.85. The van der Waals surface area contributed by atoms with E-state index in [1.54, 1.807) is 46.4 Å². The average molecular weight is 905 g/mol. The van der Waals surface area contributed by atoms with Gasteiger partial charge in [-0.3, -0.25) is 28.8 Å². The number of benzene rings is 1. The van der Waals surface area contributed by atoms with Crippen LogP contribution in [-0.2, 0) is 54.3 Å². The lowest BCUT2D eigenvalue weighted by molar-refractivity contribution is -0.170. The summed E-state index contributed by atoms with van der Waals surface area (Å²) in [5.74, 6) is -5.75. The van der Waals surface area contributed by atoms with Gasteiger partial charge in [-0.1, -0.05) is 78.3 Å². The number of amides is 6. The maximum Gasteiger partial charge on any atom is 0.329 e. The standard InChI is InChI=1S/C49H72N6O10/c1-9-16-37-49(7,8)48(63)51-38(29(2)3)43(58)54-24-15-21-36(54)47(62)65-40(30(4)5)45(60)53-23-13-19-34(53)42(57)52-26-22-33(28-52)41(56)50-39(31(6)27-32-17-11-10-12-18-32)44(59)55-25-14-20-35(55)46(61)64-37/h10-12,17-18,29-31,33-40H,9,13-16,19-28H2,1-8H3,(H,50,56)(H,51,63)/t31-,33-,34+,35+,36-,37-,38+,39+,40+/m1/s1. The van der Waals surface area contributed by atoms with Gasteiger partial charge < -0.3 is 39.7 Å². The summed E-state index contributed by atoms with van der Waals surface area (Å²) in [5, 5.41) is 6.00. The van der Waals surface area contributed by atoms with Crippen LogP contribution in [0.25, 0.3) is 0 Å². The minimum Gasteiger partial charge on any atom is -0.460 e. The monoisotopic (exact) mass is 905 g/mol. The van der Waals surface area contributed by atoms with E-state index in [-0.39, 0.29) is 43.9 Å².